The highest BCUT2D eigenvalue weighted by Crippen LogP contribution is 2.45. The number of rotatable bonds is 9. The molecule has 0 spiro atoms. The first kappa shape index (κ1) is 39.4. The van der Waals surface area contributed by atoms with Crippen molar-refractivity contribution >= 4 is 7.94 Å². The molecule has 0 saturated heterocycles. The topological polar surface area (TPSA) is 101 Å². The zero-order valence-electron chi connectivity index (χ0n) is 29.6. The molecule has 0 aliphatic carbocycles. The summed E-state index contributed by atoms with van der Waals surface area (Å²) in [6.45, 7) is 28.2. The molecule has 246 valence electrons. The second kappa shape index (κ2) is 15.1. The summed E-state index contributed by atoms with van der Waals surface area (Å²) in [5.74, 6) is 0.691. The van der Waals surface area contributed by atoms with Gasteiger partial charge in [0, 0.05) is 6.42 Å². The average Bonchev–Trinajstić information content (AvgIpc) is 2.80. The van der Waals surface area contributed by atoms with Crippen molar-refractivity contribution in [1.82, 2.24) is 0 Å². The molecule has 0 heterocycles. The van der Waals surface area contributed by atoms with Crippen molar-refractivity contribution in [1.29, 1.82) is 0 Å². The van der Waals surface area contributed by atoms with Gasteiger partial charge in [0.05, 0.1) is 0 Å². The zero-order valence-corrected chi connectivity index (χ0v) is 30.5. The molecular formula is C37H64O5P+. The molecule has 0 saturated carbocycles. The molecule has 2 aromatic rings. The van der Waals surface area contributed by atoms with E-state index in [9.17, 15) is 10.2 Å². The second-order valence-electron chi connectivity index (χ2n) is 16.4. The number of aromatic hydroxyl groups is 2. The van der Waals surface area contributed by atoms with Gasteiger partial charge < -0.3 is 10.2 Å². The second-order valence-corrected chi connectivity index (χ2v) is 18.3. The molecule has 0 unspecified atom stereocenters. The minimum Gasteiger partial charge on any atom is -0.507 e. The Hall–Kier alpha value is -1.65. The highest BCUT2D eigenvalue weighted by atomic mass is 31.2. The van der Waals surface area contributed by atoms with Gasteiger partial charge in [-0.25, -0.2) is 0 Å². The first-order valence-electron chi connectivity index (χ1n) is 16.1. The first-order valence-corrected chi connectivity index (χ1v) is 17.9. The predicted molar refractivity (Wildman–Crippen MR) is 186 cm³/mol. The van der Waals surface area contributed by atoms with Gasteiger partial charge >= 0.3 is 7.94 Å². The van der Waals surface area contributed by atoms with Crippen LogP contribution in [-0.4, -0.2) is 31.1 Å². The summed E-state index contributed by atoms with van der Waals surface area (Å²) in [5, 5.41) is 22.5. The largest absolute Gasteiger partial charge is 0.507 e. The Morgan fingerprint density at radius 3 is 1.16 bits per heavy atom. The van der Waals surface area contributed by atoms with Crippen LogP contribution >= 0.6 is 7.94 Å². The van der Waals surface area contributed by atoms with Crippen LogP contribution in [0.4, 0.5) is 0 Å². The molecule has 0 aliphatic rings. The van der Waals surface area contributed by atoms with Crippen molar-refractivity contribution in [2.24, 2.45) is 0 Å². The molecule has 2 rings (SSSR count). The Labute approximate surface area is 264 Å². The van der Waals surface area contributed by atoms with E-state index in [4.69, 9.17) is 14.7 Å². The molecule has 0 aromatic heterocycles. The van der Waals surface area contributed by atoms with Gasteiger partial charge in [-0.1, -0.05) is 140 Å². The molecule has 0 radical (unpaired) electrons. The minimum atomic E-state index is -3.47. The molecule has 0 amide bonds. The van der Waals surface area contributed by atoms with E-state index in [1.807, 2.05) is 0 Å². The third kappa shape index (κ3) is 13.1. The predicted octanol–water partition coefficient (Wildman–Crippen LogP) is 9.96. The molecule has 0 aliphatic heterocycles. The van der Waals surface area contributed by atoms with E-state index in [2.05, 4.69) is 114 Å². The Bertz CT molecular complexity index is 1090. The summed E-state index contributed by atoms with van der Waals surface area (Å²) >= 11 is 0. The normalized spacial score (nSPS) is 13.1. The van der Waals surface area contributed by atoms with E-state index in [0.29, 0.717) is 17.9 Å². The smallest absolute Gasteiger partial charge is 0.403 e. The van der Waals surface area contributed by atoms with Crippen molar-refractivity contribution in [2.75, 3.05) is 6.16 Å². The van der Waals surface area contributed by atoms with Gasteiger partial charge in [-0.3, -0.25) is 0 Å². The average molecular weight is 620 g/mol. The summed E-state index contributed by atoms with van der Waals surface area (Å²) in [5.41, 5.74) is 5.65. The van der Waals surface area contributed by atoms with Gasteiger partial charge in [-0.05, 0) is 67.9 Å². The highest BCUT2D eigenvalue weighted by molar-refractivity contribution is 7.58. The lowest BCUT2D eigenvalue weighted by atomic mass is 9.76. The molecule has 0 bridgehead atoms. The number of phenolic OH excluding ortho intramolecular Hbond substituents is 2. The first-order chi connectivity index (χ1) is 19.3. The number of unbranched alkanes of at least 4 members (excludes halogenated alkanes) is 5. The summed E-state index contributed by atoms with van der Waals surface area (Å²) in [6.07, 6.45) is 7.19. The van der Waals surface area contributed by atoms with E-state index in [0.717, 1.165) is 41.5 Å². The maximum atomic E-state index is 11.2. The Balaban J connectivity index is 0.000000650. The standard InChI is InChI=1S/C29H44O2.C8H20O3P/c1-26(2,3)20-14-18(24(30)22(16-20)28(7,8)9)13-19-15-21(27(4,5)6)17-23(25(19)31)29(10,11)12;1-2-3-4-5-6-7-8-12(9,10)11/h14-17,30-31H,13H2,1-12H3;9-11H,2-8H2,1H3/q;+1. The van der Waals surface area contributed by atoms with Gasteiger partial charge in [0.2, 0.25) is 0 Å². The molecule has 43 heavy (non-hydrogen) atoms. The molecule has 0 atom stereocenters. The summed E-state index contributed by atoms with van der Waals surface area (Å²) in [6, 6.07) is 8.52. The molecular weight excluding hydrogens is 555 g/mol. The van der Waals surface area contributed by atoms with Crippen LogP contribution in [0, 0.1) is 0 Å². The third-order valence-corrected chi connectivity index (χ3v) is 8.83. The zero-order chi connectivity index (χ0) is 33.6. The highest BCUT2D eigenvalue weighted by Gasteiger charge is 2.29. The fourth-order valence-corrected chi connectivity index (χ4v) is 5.63. The summed E-state index contributed by atoms with van der Waals surface area (Å²) in [4.78, 5) is 25.9. The molecule has 5 nitrogen and oxygen atoms in total. The summed E-state index contributed by atoms with van der Waals surface area (Å²) in [7, 11) is -3.47. The van der Waals surface area contributed by atoms with Gasteiger partial charge in [-0.2, -0.15) is 14.7 Å². The lowest BCUT2D eigenvalue weighted by molar-refractivity contribution is 0.328. The number of benzene rings is 2. The number of phenols is 2. The van der Waals surface area contributed by atoms with Crippen molar-refractivity contribution in [3.63, 3.8) is 0 Å². The van der Waals surface area contributed by atoms with Crippen LogP contribution in [0.15, 0.2) is 24.3 Å². The van der Waals surface area contributed by atoms with Crippen molar-refractivity contribution in [3.8, 4) is 11.5 Å². The van der Waals surface area contributed by atoms with Crippen LogP contribution in [0.1, 0.15) is 162 Å². The maximum Gasteiger partial charge on any atom is 0.403 e. The van der Waals surface area contributed by atoms with Gasteiger partial charge in [0.15, 0.2) is 0 Å². The van der Waals surface area contributed by atoms with Crippen LogP contribution in [0.2, 0.25) is 0 Å². The van der Waals surface area contributed by atoms with Crippen LogP contribution in [0.3, 0.4) is 0 Å². The van der Waals surface area contributed by atoms with Gasteiger partial charge in [0.25, 0.3) is 0 Å². The maximum absolute atomic E-state index is 11.2. The summed E-state index contributed by atoms with van der Waals surface area (Å²) < 4.78 is 0. The van der Waals surface area contributed by atoms with Crippen LogP contribution < -0.4 is 0 Å². The van der Waals surface area contributed by atoms with E-state index in [1.54, 1.807) is 0 Å². The van der Waals surface area contributed by atoms with Crippen LogP contribution in [-0.2, 0) is 28.1 Å². The third-order valence-electron chi connectivity index (χ3n) is 7.92. The van der Waals surface area contributed by atoms with Crippen molar-refractivity contribution in [3.05, 3.63) is 57.6 Å². The van der Waals surface area contributed by atoms with E-state index >= 15 is 0 Å². The fourth-order valence-electron chi connectivity index (χ4n) is 4.98. The van der Waals surface area contributed by atoms with E-state index in [-0.39, 0.29) is 27.8 Å². The Kier molecular flexibility index (Phi) is 13.8. The fraction of sp³-hybridized carbons (Fsp3) is 0.676. The van der Waals surface area contributed by atoms with E-state index < -0.39 is 7.94 Å². The Morgan fingerprint density at radius 2 is 0.860 bits per heavy atom. The quantitative estimate of drug-likeness (QED) is 0.142. The van der Waals surface area contributed by atoms with Crippen molar-refractivity contribution in [2.45, 2.75) is 157 Å². The van der Waals surface area contributed by atoms with Gasteiger partial charge in [-0.15, -0.1) is 0 Å². The van der Waals surface area contributed by atoms with Crippen LogP contribution in [0.5, 0.6) is 11.5 Å². The van der Waals surface area contributed by atoms with Gasteiger partial charge in [0.1, 0.15) is 17.7 Å². The lowest BCUT2D eigenvalue weighted by Crippen LogP contribution is -2.18. The molecule has 6 heteroatoms. The number of hydrogen-bond acceptors (Lipinski definition) is 5. The number of hydrogen-bond donors (Lipinski definition) is 5. The van der Waals surface area contributed by atoms with Crippen molar-refractivity contribution < 1.29 is 24.9 Å². The molecule has 2 aromatic carbocycles. The SMILES string of the molecule is CC(C)(C)c1cc(Cc2cc(C(C)(C)C)cc(C(C)(C)C)c2O)c(O)c(C(C)(C)C)c1.CCCCCCCC[P+](O)(O)O. The minimum absolute atomic E-state index is 0.0334. The van der Waals surface area contributed by atoms with E-state index in [1.165, 1.54) is 30.4 Å². The van der Waals surface area contributed by atoms with Crippen LogP contribution in [0.25, 0.3) is 0 Å². The monoisotopic (exact) mass is 619 g/mol. The molecule has 5 N–H and O–H groups in total. The lowest BCUT2D eigenvalue weighted by Gasteiger charge is -2.29. The Morgan fingerprint density at radius 1 is 0.512 bits per heavy atom. The molecule has 0 fully saturated rings.